The summed E-state index contributed by atoms with van der Waals surface area (Å²) >= 11 is 0. The van der Waals surface area contributed by atoms with Crippen LogP contribution < -0.4 is 5.32 Å². The van der Waals surface area contributed by atoms with Crippen LogP contribution in [0.25, 0.3) is 0 Å². The van der Waals surface area contributed by atoms with E-state index in [1.807, 2.05) is 0 Å². The number of methoxy groups -OCH3 is 1. The van der Waals surface area contributed by atoms with Crippen molar-refractivity contribution in [3.63, 3.8) is 0 Å². The summed E-state index contributed by atoms with van der Waals surface area (Å²) in [4.78, 5) is 0. The van der Waals surface area contributed by atoms with E-state index in [-0.39, 0.29) is 0 Å². The zero-order valence-corrected chi connectivity index (χ0v) is 12.8. The maximum absolute atomic E-state index is 5.17. The molecule has 2 heteroatoms. The lowest BCUT2D eigenvalue weighted by molar-refractivity contribution is 0.190. The molecule has 1 fully saturated rings. The quantitative estimate of drug-likeness (QED) is 0.725. The van der Waals surface area contributed by atoms with Crippen molar-refractivity contribution >= 4 is 0 Å². The van der Waals surface area contributed by atoms with Crippen molar-refractivity contribution < 1.29 is 4.74 Å². The van der Waals surface area contributed by atoms with Crippen molar-refractivity contribution in [2.24, 2.45) is 5.92 Å². The molecule has 0 radical (unpaired) electrons. The number of unbranched alkanes of at least 4 members (excludes halogenated alkanes) is 1. The molecule has 1 N–H and O–H groups in total. The number of piperidine rings is 1. The molecular weight excluding hydrogens is 246 g/mol. The first-order valence-electron chi connectivity index (χ1n) is 8.14. The normalized spacial score (nSPS) is 20.8. The second-order valence-corrected chi connectivity index (χ2v) is 6.04. The summed E-state index contributed by atoms with van der Waals surface area (Å²) in [6.45, 7) is 3.31. The molecule has 1 aromatic carbocycles. The molecule has 2 rings (SSSR count). The van der Waals surface area contributed by atoms with Gasteiger partial charge in [-0.25, -0.2) is 0 Å². The first-order valence-corrected chi connectivity index (χ1v) is 8.14. The van der Waals surface area contributed by atoms with Gasteiger partial charge in [0.1, 0.15) is 0 Å². The van der Waals surface area contributed by atoms with Crippen LogP contribution in [0.1, 0.15) is 50.0 Å². The van der Waals surface area contributed by atoms with Gasteiger partial charge in [-0.15, -0.1) is 0 Å². The Bertz CT molecular complexity index is 346. The maximum Gasteiger partial charge on any atom is 0.0462 e. The van der Waals surface area contributed by atoms with E-state index in [4.69, 9.17) is 4.74 Å². The fourth-order valence-electron chi connectivity index (χ4n) is 3.31. The van der Waals surface area contributed by atoms with Crippen molar-refractivity contribution in [3.8, 4) is 0 Å². The number of benzene rings is 1. The van der Waals surface area contributed by atoms with E-state index >= 15 is 0 Å². The molecule has 2 nitrogen and oxygen atoms in total. The number of rotatable bonds is 8. The van der Waals surface area contributed by atoms with E-state index in [2.05, 4.69) is 35.6 Å². The van der Waals surface area contributed by atoms with Crippen molar-refractivity contribution in [1.82, 2.24) is 5.32 Å². The van der Waals surface area contributed by atoms with E-state index in [1.165, 1.54) is 57.2 Å². The highest BCUT2D eigenvalue weighted by Crippen LogP contribution is 2.31. The van der Waals surface area contributed by atoms with Crippen LogP contribution in [-0.4, -0.2) is 26.8 Å². The molecule has 0 aliphatic carbocycles. The highest BCUT2D eigenvalue weighted by molar-refractivity contribution is 5.19. The zero-order chi connectivity index (χ0) is 14.0. The Balaban J connectivity index is 1.89. The van der Waals surface area contributed by atoms with Gasteiger partial charge >= 0.3 is 0 Å². The topological polar surface area (TPSA) is 21.3 Å². The molecule has 20 heavy (non-hydrogen) atoms. The van der Waals surface area contributed by atoms with Crippen LogP contribution in [0.4, 0.5) is 0 Å². The number of hydrogen-bond acceptors (Lipinski definition) is 2. The molecule has 1 saturated heterocycles. The Hall–Kier alpha value is -0.860. The van der Waals surface area contributed by atoms with E-state index in [0.717, 1.165) is 18.4 Å². The Morgan fingerprint density at radius 2 is 2.10 bits per heavy atom. The molecule has 1 heterocycles. The van der Waals surface area contributed by atoms with Gasteiger partial charge < -0.3 is 10.1 Å². The van der Waals surface area contributed by atoms with E-state index < -0.39 is 0 Å². The van der Waals surface area contributed by atoms with Crippen molar-refractivity contribution in [2.75, 3.05) is 26.8 Å². The van der Waals surface area contributed by atoms with Gasteiger partial charge in [-0.05, 0) is 62.6 Å². The van der Waals surface area contributed by atoms with Crippen LogP contribution in [0.2, 0.25) is 0 Å². The fourth-order valence-corrected chi connectivity index (χ4v) is 3.31. The van der Waals surface area contributed by atoms with Gasteiger partial charge in [-0.2, -0.15) is 0 Å². The first-order chi connectivity index (χ1) is 9.90. The SMILES string of the molecule is COCCCCC(CC1CCCNC1)c1ccccc1. The third kappa shape index (κ3) is 5.26. The van der Waals surface area contributed by atoms with Crippen molar-refractivity contribution in [2.45, 2.75) is 44.4 Å². The average molecular weight is 275 g/mol. The molecule has 0 bridgehead atoms. The Morgan fingerprint density at radius 1 is 1.25 bits per heavy atom. The number of ether oxygens (including phenoxy) is 1. The van der Waals surface area contributed by atoms with Gasteiger partial charge in [0.05, 0.1) is 0 Å². The van der Waals surface area contributed by atoms with Crippen molar-refractivity contribution in [1.29, 1.82) is 0 Å². The number of nitrogens with one attached hydrogen (secondary N) is 1. The van der Waals surface area contributed by atoms with Gasteiger partial charge in [-0.3, -0.25) is 0 Å². The molecule has 0 saturated carbocycles. The third-order valence-corrected chi connectivity index (χ3v) is 4.44. The predicted molar refractivity (Wildman–Crippen MR) is 85.1 cm³/mol. The molecular formula is C18H29NO. The molecule has 1 aliphatic heterocycles. The van der Waals surface area contributed by atoms with Gasteiger partial charge in [0.15, 0.2) is 0 Å². The minimum atomic E-state index is 0.720. The standard InChI is InChI=1S/C18H29NO/c1-20-13-6-5-11-18(17-9-3-2-4-10-17)14-16-8-7-12-19-15-16/h2-4,9-10,16,18-19H,5-8,11-15H2,1H3. The molecule has 2 atom stereocenters. The van der Waals surface area contributed by atoms with Crippen LogP contribution in [0, 0.1) is 5.92 Å². The van der Waals surface area contributed by atoms with Crippen LogP contribution in [-0.2, 0) is 4.74 Å². The molecule has 0 spiro atoms. The summed E-state index contributed by atoms with van der Waals surface area (Å²) in [6.07, 6.45) is 7.83. The van der Waals surface area contributed by atoms with E-state index in [1.54, 1.807) is 7.11 Å². The lowest BCUT2D eigenvalue weighted by Crippen LogP contribution is -2.30. The van der Waals surface area contributed by atoms with Crippen LogP contribution >= 0.6 is 0 Å². The average Bonchev–Trinajstić information content (AvgIpc) is 2.52. The van der Waals surface area contributed by atoms with Crippen LogP contribution in [0.5, 0.6) is 0 Å². The fraction of sp³-hybridized carbons (Fsp3) is 0.667. The van der Waals surface area contributed by atoms with E-state index in [0.29, 0.717) is 0 Å². The molecule has 1 aromatic rings. The zero-order valence-electron chi connectivity index (χ0n) is 12.8. The first kappa shape index (κ1) is 15.5. The lowest BCUT2D eigenvalue weighted by atomic mass is 9.82. The highest BCUT2D eigenvalue weighted by atomic mass is 16.5. The second kappa shape index (κ2) is 9.15. The predicted octanol–water partition coefficient (Wildman–Crippen LogP) is 3.98. The monoisotopic (exact) mass is 275 g/mol. The smallest absolute Gasteiger partial charge is 0.0462 e. The van der Waals surface area contributed by atoms with Crippen LogP contribution in [0.3, 0.4) is 0 Å². The third-order valence-electron chi connectivity index (χ3n) is 4.44. The number of hydrogen-bond donors (Lipinski definition) is 1. The second-order valence-electron chi connectivity index (χ2n) is 6.04. The lowest BCUT2D eigenvalue weighted by Gasteiger charge is -2.27. The molecule has 2 unspecified atom stereocenters. The molecule has 112 valence electrons. The Labute approximate surface area is 123 Å². The Kier molecular flexibility index (Phi) is 7.10. The molecule has 0 amide bonds. The van der Waals surface area contributed by atoms with Gasteiger partial charge in [0, 0.05) is 13.7 Å². The van der Waals surface area contributed by atoms with E-state index in [9.17, 15) is 0 Å². The summed E-state index contributed by atoms with van der Waals surface area (Å²) in [6, 6.07) is 11.1. The summed E-state index contributed by atoms with van der Waals surface area (Å²) in [5.41, 5.74) is 1.52. The van der Waals surface area contributed by atoms with Gasteiger partial charge in [-0.1, -0.05) is 36.8 Å². The highest BCUT2D eigenvalue weighted by Gasteiger charge is 2.19. The summed E-state index contributed by atoms with van der Waals surface area (Å²) in [5.74, 6) is 1.58. The molecule has 0 aromatic heterocycles. The summed E-state index contributed by atoms with van der Waals surface area (Å²) < 4.78 is 5.17. The largest absolute Gasteiger partial charge is 0.385 e. The Morgan fingerprint density at radius 3 is 2.80 bits per heavy atom. The molecule has 1 aliphatic rings. The summed E-state index contributed by atoms with van der Waals surface area (Å²) in [5, 5.41) is 3.55. The van der Waals surface area contributed by atoms with Gasteiger partial charge in [0.25, 0.3) is 0 Å². The maximum atomic E-state index is 5.17. The van der Waals surface area contributed by atoms with Crippen LogP contribution in [0.15, 0.2) is 30.3 Å². The minimum Gasteiger partial charge on any atom is -0.385 e. The van der Waals surface area contributed by atoms with Gasteiger partial charge in [0.2, 0.25) is 0 Å². The summed E-state index contributed by atoms with van der Waals surface area (Å²) in [7, 11) is 1.79. The minimum absolute atomic E-state index is 0.720. The van der Waals surface area contributed by atoms with Crippen molar-refractivity contribution in [3.05, 3.63) is 35.9 Å².